The Morgan fingerprint density at radius 3 is 2.73 bits per heavy atom. The van der Waals surface area contributed by atoms with Crippen molar-refractivity contribution in [3.05, 3.63) is 35.8 Å². The minimum Gasteiger partial charge on any atom is -0.296 e. The van der Waals surface area contributed by atoms with Crippen LogP contribution < -0.4 is 0 Å². The molecule has 0 spiro atoms. The summed E-state index contributed by atoms with van der Waals surface area (Å²) >= 11 is 0. The van der Waals surface area contributed by atoms with Crippen LogP contribution in [0.1, 0.15) is 45.1 Å². The van der Waals surface area contributed by atoms with E-state index >= 15 is 0 Å². The molecule has 1 heterocycles. The third-order valence-electron chi connectivity index (χ3n) is 3.18. The van der Waals surface area contributed by atoms with Crippen molar-refractivity contribution < 1.29 is 6.85 Å². The molecular weight excluding hydrogens is 182 g/mol. The highest BCUT2D eigenvalue weighted by Crippen LogP contribution is 2.32. The average molecular weight is 208 g/mol. The molecule has 1 fully saturated rings. The van der Waals surface area contributed by atoms with E-state index in [1.807, 2.05) is 0 Å². The van der Waals surface area contributed by atoms with Gasteiger partial charge in [0.15, 0.2) is 0 Å². The minimum atomic E-state index is -0.309. The topological polar surface area (TPSA) is 3.24 Å². The fourth-order valence-corrected chi connectivity index (χ4v) is 2.35. The zero-order chi connectivity index (χ0) is 15.0. The van der Waals surface area contributed by atoms with E-state index in [9.17, 15) is 0 Å². The number of likely N-dealkylation sites (tertiary alicyclic amines) is 1. The Labute approximate surface area is 100 Å². The molecule has 1 heteroatoms. The van der Waals surface area contributed by atoms with Crippen molar-refractivity contribution in [3.8, 4) is 0 Å². The molecule has 1 unspecified atom stereocenters. The van der Waals surface area contributed by atoms with Gasteiger partial charge in [-0.05, 0) is 30.9 Å². The third-order valence-corrected chi connectivity index (χ3v) is 3.18. The Bertz CT molecular complexity index is 488. The summed E-state index contributed by atoms with van der Waals surface area (Å²) in [6.07, 6.45) is 1.88. The summed E-state index contributed by atoms with van der Waals surface area (Å²) in [5.41, 5.74) is 0.463. The lowest BCUT2D eigenvalue weighted by atomic mass is 9.90. The van der Waals surface area contributed by atoms with Gasteiger partial charge in [0.25, 0.3) is 0 Å². The van der Waals surface area contributed by atoms with Crippen LogP contribution in [-0.2, 0) is 0 Å². The first kappa shape index (κ1) is 6.05. The van der Waals surface area contributed by atoms with Crippen molar-refractivity contribution in [1.82, 2.24) is 4.90 Å². The maximum absolute atomic E-state index is 8.09. The fraction of sp³-hybridized carbons (Fsp3) is 0.571. The predicted molar refractivity (Wildman–Crippen MR) is 64.8 cm³/mol. The van der Waals surface area contributed by atoms with Gasteiger partial charge in [0.2, 0.25) is 0 Å². The van der Waals surface area contributed by atoms with Gasteiger partial charge < -0.3 is 0 Å². The minimum absolute atomic E-state index is 0.0472. The quantitative estimate of drug-likeness (QED) is 0.719. The van der Waals surface area contributed by atoms with Gasteiger partial charge in [-0.1, -0.05) is 44.1 Å². The van der Waals surface area contributed by atoms with E-state index in [0.29, 0.717) is 11.5 Å². The largest absolute Gasteiger partial charge is 0.296 e. The molecule has 82 valence electrons. The first-order chi connectivity index (χ1) is 9.38. The highest BCUT2D eigenvalue weighted by molar-refractivity contribution is 5.19. The van der Waals surface area contributed by atoms with Crippen LogP contribution in [0, 0.1) is 5.92 Å². The van der Waals surface area contributed by atoms with Crippen molar-refractivity contribution in [2.75, 3.05) is 13.1 Å². The second-order valence-corrected chi connectivity index (χ2v) is 4.32. The first-order valence-electron chi connectivity index (χ1n) is 8.19. The number of benzene rings is 1. The van der Waals surface area contributed by atoms with E-state index in [1.165, 1.54) is 0 Å². The molecule has 0 radical (unpaired) electrons. The molecular formula is C14H21N. The highest BCUT2D eigenvalue weighted by Gasteiger charge is 2.25. The van der Waals surface area contributed by atoms with Crippen molar-refractivity contribution >= 4 is 0 Å². The molecule has 15 heavy (non-hydrogen) atoms. The van der Waals surface area contributed by atoms with Gasteiger partial charge in [-0.3, -0.25) is 4.90 Å². The Hall–Kier alpha value is -0.820. The maximum atomic E-state index is 8.09. The average Bonchev–Trinajstić information content (AvgIpc) is 2.44. The Balaban J connectivity index is 2.52. The molecule has 1 aliphatic rings. The summed E-state index contributed by atoms with van der Waals surface area (Å²) in [6, 6.07) is -0.921. The lowest BCUT2D eigenvalue weighted by molar-refractivity contribution is 0.121. The van der Waals surface area contributed by atoms with E-state index in [-0.39, 0.29) is 36.3 Å². The van der Waals surface area contributed by atoms with Crippen LogP contribution >= 0.6 is 0 Å². The molecule has 0 amide bonds. The lowest BCUT2D eigenvalue weighted by Gasteiger charge is -2.38. The number of rotatable bonds is 2. The van der Waals surface area contributed by atoms with Gasteiger partial charge in [-0.2, -0.15) is 0 Å². The van der Waals surface area contributed by atoms with Crippen molar-refractivity contribution in [2.24, 2.45) is 5.92 Å². The van der Waals surface area contributed by atoms with Crippen molar-refractivity contribution in [2.45, 2.75) is 32.7 Å². The lowest BCUT2D eigenvalue weighted by Crippen LogP contribution is -2.36. The second-order valence-electron chi connectivity index (χ2n) is 4.32. The Morgan fingerprint density at radius 1 is 1.33 bits per heavy atom. The van der Waals surface area contributed by atoms with Gasteiger partial charge in [0.1, 0.15) is 0 Å². The summed E-state index contributed by atoms with van der Waals surface area (Å²) in [7, 11) is 0. The van der Waals surface area contributed by atoms with Crippen molar-refractivity contribution in [1.29, 1.82) is 0 Å². The molecule has 1 saturated heterocycles. The van der Waals surface area contributed by atoms with Gasteiger partial charge in [0.05, 0.1) is 6.85 Å². The Kier molecular flexibility index (Phi) is 1.94. The smallest absolute Gasteiger partial charge is 0.0626 e. The van der Waals surface area contributed by atoms with Gasteiger partial charge in [0, 0.05) is 12.6 Å². The van der Waals surface area contributed by atoms with Crippen LogP contribution in [0.4, 0.5) is 0 Å². The van der Waals surface area contributed by atoms with Crippen LogP contribution in [0.3, 0.4) is 0 Å². The molecule has 0 bridgehead atoms. The molecule has 1 aliphatic heterocycles. The summed E-state index contributed by atoms with van der Waals surface area (Å²) in [5.74, 6) is 0.593. The number of nitrogens with zero attached hydrogens (tertiary/aromatic N) is 1. The second kappa shape index (κ2) is 4.80. The standard InChI is InChI=1S/C14H21N/c1-3-15-11-12(2)9-10-14(15)13-7-5-4-6-8-13/h4-8,12,14H,3,9-11H2,1-2H3/t12-,14?/m0/s1/i4D,5D,6D,7D,8D. The first-order valence-corrected chi connectivity index (χ1v) is 5.69. The van der Waals surface area contributed by atoms with E-state index in [4.69, 9.17) is 6.85 Å². The normalized spacial score (nSPS) is 32.5. The van der Waals surface area contributed by atoms with Crippen LogP contribution in [0.2, 0.25) is 0 Å². The summed E-state index contributed by atoms with van der Waals surface area (Å²) in [5, 5.41) is 0. The molecule has 0 N–H and O–H groups in total. The highest BCUT2D eigenvalue weighted by atomic mass is 15.2. The monoisotopic (exact) mass is 208 g/mol. The zero-order valence-corrected chi connectivity index (χ0v) is 9.43. The van der Waals surface area contributed by atoms with Gasteiger partial charge >= 0.3 is 0 Å². The maximum Gasteiger partial charge on any atom is 0.0626 e. The van der Waals surface area contributed by atoms with Crippen LogP contribution in [-0.4, -0.2) is 18.0 Å². The molecule has 1 aromatic rings. The predicted octanol–water partition coefficient (Wildman–Crippen LogP) is 3.48. The molecule has 0 aliphatic carbocycles. The number of piperidine rings is 1. The van der Waals surface area contributed by atoms with E-state index in [1.54, 1.807) is 0 Å². The van der Waals surface area contributed by atoms with E-state index in [0.717, 1.165) is 25.9 Å². The molecule has 2 rings (SSSR count). The molecule has 2 atom stereocenters. The number of hydrogen-bond donors (Lipinski definition) is 0. The zero-order valence-electron chi connectivity index (χ0n) is 14.4. The van der Waals surface area contributed by atoms with Crippen LogP contribution in [0.15, 0.2) is 30.2 Å². The fourth-order valence-electron chi connectivity index (χ4n) is 2.35. The van der Waals surface area contributed by atoms with E-state index in [2.05, 4.69) is 18.7 Å². The molecule has 1 nitrogen and oxygen atoms in total. The summed E-state index contributed by atoms with van der Waals surface area (Å²) in [4.78, 5) is 2.22. The number of hydrogen-bond acceptors (Lipinski definition) is 1. The summed E-state index contributed by atoms with van der Waals surface area (Å²) < 4.78 is 39.4. The van der Waals surface area contributed by atoms with E-state index < -0.39 is 0 Å². The molecule has 0 aromatic heterocycles. The molecule has 1 aromatic carbocycles. The van der Waals surface area contributed by atoms with Gasteiger partial charge in [-0.15, -0.1) is 0 Å². The van der Waals surface area contributed by atoms with Crippen LogP contribution in [0.25, 0.3) is 0 Å². The summed E-state index contributed by atoms with van der Waals surface area (Å²) in [6.45, 7) is 6.00. The third kappa shape index (κ3) is 2.40. The van der Waals surface area contributed by atoms with Gasteiger partial charge in [-0.25, -0.2) is 0 Å². The Morgan fingerprint density at radius 2 is 2.07 bits per heavy atom. The SMILES string of the molecule is [2H]c1c([2H])c([2H])c(C2CC[C@H](C)CN2CC)c([2H])c1[2H]. The molecule has 0 saturated carbocycles. The van der Waals surface area contributed by atoms with Crippen molar-refractivity contribution in [3.63, 3.8) is 0 Å². The van der Waals surface area contributed by atoms with Crippen LogP contribution in [0.5, 0.6) is 0 Å².